The van der Waals surface area contributed by atoms with Crippen LogP contribution in [0.1, 0.15) is 42.1 Å². The summed E-state index contributed by atoms with van der Waals surface area (Å²) in [5, 5.41) is 4.28. The molecule has 2 atom stereocenters. The Hall–Kier alpha value is -2.67. The van der Waals surface area contributed by atoms with E-state index in [2.05, 4.69) is 12.0 Å². The number of ketones is 1. The van der Waals surface area contributed by atoms with Crippen molar-refractivity contribution in [1.29, 1.82) is 0 Å². The zero-order valence-electron chi connectivity index (χ0n) is 16.7. The van der Waals surface area contributed by atoms with Gasteiger partial charge in [-0.1, -0.05) is 37.3 Å². The molecule has 1 aromatic heterocycles. The van der Waals surface area contributed by atoms with Gasteiger partial charge in [0.2, 0.25) is 0 Å². The Morgan fingerprint density at radius 1 is 1.17 bits per heavy atom. The zero-order valence-corrected chi connectivity index (χ0v) is 16.7. The number of nitrogens with zero attached hydrogens (tertiary/aromatic N) is 3. The van der Waals surface area contributed by atoms with E-state index >= 15 is 0 Å². The van der Waals surface area contributed by atoms with Crippen molar-refractivity contribution in [1.82, 2.24) is 14.7 Å². The van der Waals surface area contributed by atoms with E-state index in [4.69, 9.17) is 9.47 Å². The lowest BCUT2D eigenvalue weighted by Gasteiger charge is -2.47. The molecule has 4 rings (SSSR count). The smallest absolute Gasteiger partial charge is 0.410 e. The average Bonchev–Trinajstić information content (AvgIpc) is 3.20. The third-order valence-electron chi connectivity index (χ3n) is 5.68. The van der Waals surface area contributed by atoms with Crippen molar-refractivity contribution in [2.45, 2.75) is 51.4 Å². The van der Waals surface area contributed by atoms with Crippen LogP contribution in [-0.2, 0) is 22.6 Å². The first-order chi connectivity index (χ1) is 14.2. The molecule has 2 fully saturated rings. The van der Waals surface area contributed by atoms with Gasteiger partial charge >= 0.3 is 6.09 Å². The third kappa shape index (κ3) is 4.34. The minimum Gasteiger partial charge on any atom is -0.445 e. The van der Waals surface area contributed by atoms with Crippen LogP contribution in [0.25, 0.3) is 0 Å². The molecule has 2 bridgehead atoms. The first-order valence-electron chi connectivity index (χ1n) is 10.3. The summed E-state index contributed by atoms with van der Waals surface area (Å²) >= 11 is 0. The molecule has 2 saturated heterocycles. The summed E-state index contributed by atoms with van der Waals surface area (Å²) in [4.78, 5) is 27.6. The summed E-state index contributed by atoms with van der Waals surface area (Å²) in [6, 6.07) is 9.37. The fraction of sp³-hybridized carbons (Fsp3) is 0.500. The van der Waals surface area contributed by atoms with Crippen molar-refractivity contribution in [3.63, 3.8) is 0 Å². The summed E-state index contributed by atoms with van der Waals surface area (Å²) in [7, 11) is 0. The number of benzene rings is 1. The van der Waals surface area contributed by atoms with Crippen LogP contribution in [0.2, 0.25) is 0 Å². The van der Waals surface area contributed by atoms with Crippen molar-refractivity contribution in [3.8, 4) is 0 Å². The second kappa shape index (κ2) is 8.78. The van der Waals surface area contributed by atoms with Crippen LogP contribution in [0.5, 0.6) is 0 Å². The van der Waals surface area contributed by atoms with Gasteiger partial charge in [0.15, 0.2) is 5.78 Å². The fourth-order valence-electron chi connectivity index (χ4n) is 4.30. The maximum atomic E-state index is 13.0. The van der Waals surface area contributed by atoms with Crippen LogP contribution in [0.3, 0.4) is 0 Å². The van der Waals surface area contributed by atoms with Crippen LogP contribution in [0, 0.1) is 5.92 Å². The second-order valence-corrected chi connectivity index (χ2v) is 7.82. The van der Waals surface area contributed by atoms with E-state index in [-0.39, 0.29) is 36.5 Å². The predicted molar refractivity (Wildman–Crippen MR) is 106 cm³/mol. The fourth-order valence-corrected chi connectivity index (χ4v) is 4.30. The van der Waals surface area contributed by atoms with Crippen LogP contribution in [0.4, 0.5) is 4.79 Å². The summed E-state index contributed by atoms with van der Waals surface area (Å²) in [6.45, 7) is 4.01. The van der Waals surface area contributed by atoms with Crippen molar-refractivity contribution < 1.29 is 19.1 Å². The summed E-state index contributed by atoms with van der Waals surface area (Å²) in [6.07, 6.45) is 5.32. The normalized spacial score (nSPS) is 23.6. The van der Waals surface area contributed by atoms with Crippen molar-refractivity contribution in [2.24, 2.45) is 5.92 Å². The van der Waals surface area contributed by atoms with Gasteiger partial charge < -0.3 is 9.47 Å². The monoisotopic (exact) mass is 397 g/mol. The number of aryl methyl sites for hydroxylation is 1. The number of rotatable bonds is 6. The van der Waals surface area contributed by atoms with E-state index in [1.165, 1.54) is 0 Å². The highest BCUT2D eigenvalue weighted by molar-refractivity contribution is 5.97. The lowest BCUT2D eigenvalue weighted by atomic mass is 9.81. The number of carbonyl (C=O) groups is 2. The Morgan fingerprint density at radius 3 is 2.59 bits per heavy atom. The molecule has 2 aromatic rings. The molecule has 0 spiro atoms. The molecule has 29 heavy (non-hydrogen) atoms. The number of piperidine rings is 1. The number of morpholine rings is 1. The van der Waals surface area contributed by atoms with E-state index in [1.807, 2.05) is 41.2 Å². The summed E-state index contributed by atoms with van der Waals surface area (Å²) < 4.78 is 13.0. The number of ether oxygens (including phenoxy) is 2. The maximum absolute atomic E-state index is 13.0. The molecule has 0 radical (unpaired) electrons. The van der Waals surface area contributed by atoms with Gasteiger partial charge in [-0.25, -0.2) is 4.79 Å². The molecule has 7 nitrogen and oxygen atoms in total. The van der Waals surface area contributed by atoms with Gasteiger partial charge in [-0.15, -0.1) is 0 Å². The Labute approximate surface area is 170 Å². The lowest BCUT2D eigenvalue weighted by Crippen LogP contribution is -2.59. The van der Waals surface area contributed by atoms with E-state index in [0.717, 1.165) is 18.5 Å². The number of Topliss-reactive ketones (excluding diaryl/α,β-unsaturated/α-hetero) is 1. The number of hydrogen-bond acceptors (Lipinski definition) is 5. The summed E-state index contributed by atoms with van der Waals surface area (Å²) in [5.41, 5.74) is 1.61. The molecule has 2 unspecified atom stereocenters. The Balaban J connectivity index is 1.40. The van der Waals surface area contributed by atoms with Gasteiger partial charge in [-0.05, 0) is 24.8 Å². The molecule has 0 N–H and O–H groups in total. The average molecular weight is 397 g/mol. The largest absolute Gasteiger partial charge is 0.445 e. The molecule has 2 aliphatic heterocycles. The number of hydrogen-bond donors (Lipinski definition) is 0. The molecule has 2 aliphatic rings. The van der Waals surface area contributed by atoms with Gasteiger partial charge in [0.05, 0.1) is 37.1 Å². The summed E-state index contributed by atoms with van der Waals surface area (Å²) in [5.74, 6) is -0.00657. The van der Waals surface area contributed by atoms with Crippen LogP contribution in [0.15, 0.2) is 42.7 Å². The quantitative estimate of drug-likeness (QED) is 0.700. The highest BCUT2D eigenvalue weighted by atomic mass is 16.6. The van der Waals surface area contributed by atoms with E-state index < -0.39 is 0 Å². The van der Waals surface area contributed by atoms with Crippen molar-refractivity contribution in [3.05, 3.63) is 53.9 Å². The SMILES string of the molecule is CCCn1cc(C(=O)C2CC3COCC(C2)N3C(=O)OCc2ccccc2)cn1. The molecule has 0 saturated carbocycles. The highest BCUT2D eigenvalue weighted by Crippen LogP contribution is 2.34. The van der Waals surface area contributed by atoms with Gasteiger partial charge in [-0.3, -0.25) is 14.4 Å². The van der Waals surface area contributed by atoms with Crippen LogP contribution >= 0.6 is 0 Å². The molecular weight excluding hydrogens is 370 g/mol. The Kier molecular flexibility index (Phi) is 5.94. The number of fused-ring (bicyclic) bond motifs is 2. The van der Waals surface area contributed by atoms with Gasteiger partial charge in [0, 0.05) is 18.7 Å². The van der Waals surface area contributed by atoms with Crippen LogP contribution < -0.4 is 0 Å². The number of amides is 1. The van der Waals surface area contributed by atoms with E-state index in [9.17, 15) is 9.59 Å². The molecule has 7 heteroatoms. The van der Waals surface area contributed by atoms with Gasteiger partial charge in [-0.2, -0.15) is 5.10 Å². The molecular formula is C22H27N3O4. The molecule has 3 heterocycles. The van der Waals surface area contributed by atoms with Crippen molar-refractivity contribution >= 4 is 11.9 Å². The Morgan fingerprint density at radius 2 is 1.90 bits per heavy atom. The van der Waals surface area contributed by atoms with E-state index in [0.29, 0.717) is 31.6 Å². The van der Waals surface area contributed by atoms with Gasteiger partial charge in [0.1, 0.15) is 6.61 Å². The van der Waals surface area contributed by atoms with E-state index in [1.54, 1.807) is 11.1 Å². The Bertz CT molecular complexity index is 837. The van der Waals surface area contributed by atoms with Crippen molar-refractivity contribution in [2.75, 3.05) is 13.2 Å². The molecule has 1 amide bonds. The third-order valence-corrected chi connectivity index (χ3v) is 5.68. The minimum absolute atomic E-state index is 0.113. The first-order valence-corrected chi connectivity index (χ1v) is 10.3. The molecule has 0 aliphatic carbocycles. The molecule has 154 valence electrons. The maximum Gasteiger partial charge on any atom is 0.410 e. The number of carbonyl (C=O) groups excluding carboxylic acids is 2. The lowest BCUT2D eigenvalue weighted by molar-refractivity contribution is -0.0755. The number of aromatic nitrogens is 2. The highest BCUT2D eigenvalue weighted by Gasteiger charge is 2.44. The second-order valence-electron chi connectivity index (χ2n) is 7.82. The molecule has 1 aromatic carbocycles. The first kappa shape index (κ1) is 19.6. The van der Waals surface area contributed by atoms with Crippen LogP contribution in [-0.4, -0.2) is 51.9 Å². The standard InChI is InChI=1S/C22H27N3O4/c1-2-8-24-12-18(11-23-24)21(26)17-9-19-14-28-15-20(10-17)25(19)22(27)29-13-16-6-4-3-5-7-16/h3-7,11-12,17,19-20H,2,8-10,13-15H2,1H3. The minimum atomic E-state index is -0.325. The zero-order chi connectivity index (χ0) is 20.2. The van der Waals surface area contributed by atoms with Gasteiger partial charge in [0.25, 0.3) is 0 Å². The topological polar surface area (TPSA) is 73.7 Å². The predicted octanol–water partition coefficient (Wildman–Crippen LogP) is 3.29.